The van der Waals surface area contributed by atoms with E-state index in [1.165, 1.54) is 0 Å². The molecule has 1 aromatic rings. The van der Waals surface area contributed by atoms with E-state index in [2.05, 4.69) is 56.3 Å². The lowest BCUT2D eigenvalue weighted by Crippen LogP contribution is -2.33. The van der Waals surface area contributed by atoms with E-state index in [1.807, 2.05) is 0 Å². The number of rotatable bonds is 4. The van der Waals surface area contributed by atoms with Gasteiger partial charge in [0.1, 0.15) is 5.82 Å². The standard InChI is InChI=1S/C13H24ClN3/c1-7-8-10-15-16-11(14)17(10)13(5,6)9-12(2,3)4/h7-9H2,1-6H3. The number of hydrogen-bond donors (Lipinski definition) is 0. The van der Waals surface area contributed by atoms with Crippen LogP contribution in [-0.2, 0) is 12.0 Å². The number of nitrogens with zero attached hydrogens (tertiary/aromatic N) is 3. The Kier molecular flexibility index (Phi) is 4.23. The minimum absolute atomic E-state index is 0.0522. The van der Waals surface area contributed by atoms with Gasteiger partial charge in [-0.3, -0.25) is 4.57 Å². The number of hydrogen-bond acceptors (Lipinski definition) is 2. The smallest absolute Gasteiger partial charge is 0.225 e. The average molecular weight is 258 g/mol. The lowest BCUT2D eigenvalue weighted by Gasteiger charge is -2.34. The summed E-state index contributed by atoms with van der Waals surface area (Å²) in [6.07, 6.45) is 3.02. The van der Waals surface area contributed by atoms with Crippen molar-refractivity contribution in [3.63, 3.8) is 0 Å². The first-order valence-electron chi connectivity index (χ1n) is 6.27. The van der Waals surface area contributed by atoms with Crippen LogP contribution in [0.2, 0.25) is 5.28 Å². The van der Waals surface area contributed by atoms with E-state index in [0.29, 0.717) is 5.28 Å². The average Bonchev–Trinajstić information content (AvgIpc) is 2.43. The van der Waals surface area contributed by atoms with Gasteiger partial charge in [0.2, 0.25) is 5.28 Å². The molecule has 0 saturated carbocycles. The van der Waals surface area contributed by atoms with Gasteiger partial charge in [-0.15, -0.1) is 10.2 Å². The quantitative estimate of drug-likeness (QED) is 0.815. The van der Waals surface area contributed by atoms with Crippen molar-refractivity contribution >= 4 is 11.6 Å². The van der Waals surface area contributed by atoms with Gasteiger partial charge < -0.3 is 0 Å². The zero-order chi connectivity index (χ0) is 13.3. The van der Waals surface area contributed by atoms with Gasteiger partial charge in [-0.05, 0) is 43.7 Å². The minimum atomic E-state index is -0.0522. The first-order valence-corrected chi connectivity index (χ1v) is 6.65. The second kappa shape index (κ2) is 4.97. The molecule has 17 heavy (non-hydrogen) atoms. The van der Waals surface area contributed by atoms with E-state index in [0.717, 1.165) is 25.1 Å². The van der Waals surface area contributed by atoms with Crippen molar-refractivity contribution < 1.29 is 0 Å². The van der Waals surface area contributed by atoms with Gasteiger partial charge in [-0.25, -0.2) is 0 Å². The third-order valence-electron chi connectivity index (χ3n) is 2.73. The number of aromatic nitrogens is 3. The molecule has 0 fully saturated rings. The van der Waals surface area contributed by atoms with Crippen LogP contribution in [0, 0.1) is 5.41 Å². The normalized spacial score (nSPS) is 13.1. The molecular formula is C13H24ClN3. The molecule has 0 N–H and O–H groups in total. The van der Waals surface area contributed by atoms with E-state index in [1.54, 1.807) is 0 Å². The van der Waals surface area contributed by atoms with Crippen LogP contribution in [0.15, 0.2) is 0 Å². The van der Waals surface area contributed by atoms with Crippen molar-refractivity contribution in [1.82, 2.24) is 14.8 Å². The zero-order valence-corrected chi connectivity index (χ0v) is 12.6. The monoisotopic (exact) mass is 257 g/mol. The Morgan fingerprint density at radius 1 is 1.12 bits per heavy atom. The van der Waals surface area contributed by atoms with Crippen molar-refractivity contribution in [2.75, 3.05) is 0 Å². The molecule has 1 heterocycles. The molecule has 4 heteroatoms. The maximum atomic E-state index is 6.18. The fourth-order valence-electron chi connectivity index (χ4n) is 2.66. The molecule has 0 bridgehead atoms. The summed E-state index contributed by atoms with van der Waals surface area (Å²) < 4.78 is 2.09. The summed E-state index contributed by atoms with van der Waals surface area (Å²) in [5.74, 6) is 0.992. The third-order valence-corrected chi connectivity index (χ3v) is 2.98. The molecular weight excluding hydrogens is 234 g/mol. The van der Waals surface area contributed by atoms with Crippen LogP contribution in [0.25, 0.3) is 0 Å². The van der Waals surface area contributed by atoms with Gasteiger partial charge in [0.25, 0.3) is 0 Å². The summed E-state index contributed by atoms with van der Waals surface area (Å²) in [5.41, 5.74) is 0.198. The van der Waals surface area contributed by atoms with Crippen molar-refractivity contribution in [3.05, 3.63) is 11.1 Å². The van der Waals surface area contributed by atoms with Crippen LogP contribution >= 0.6 is 11.6 Å². The highest BCUT2D eigenvalue weighted by Gasteiger charge is 2.31. The van der Waals surface area contributed by atoms with Gasteiger partial charge in [0, 0.05) is 12.0 Å². The molecule has 98 valence electrons. The maximum Gasteiger partial charge on any atom is 0.225 e. The zero-order valence-electron chi connectivity index (χ0n) is 11.8. The van der Waals surface area contributed by atoms with Gasteiger partial charge >= 0.3 is 0 Å². The maximum absolute atomic E-state index is 6.18. The molecule has 0 spiro atoms. The van der Waals surface area contributed by atoms with E-state index >= 15 is 0 Å². The van der Waals surface area contributed by atoms with Crippen molar-refractivity contribution in [2.24, 2.45) is 5.41 Å². The highest BCUT2D eigenvalue weighted by atomic mass is 35.5. The summed E-state index contributed by atoms with van der Waals surface area (Å²) in [6, 6.07) is 0. The second-order valence-electron chi connectivity index (χ2n) is 6.52. The van der Waals surface area contributed by atoms with Crippen molar-refractivity contribution in [3.8, 4) is 0 Å². The fraction of sp³-hybridized carbons (Fsp3) is 0.846. The summed E-state index contributed by atoms with van der Waals surface area (Å²) in [6.45, 7) is 13.3. The summed E-state index contributed by atoms with van der Waals surface area (Å²) in [5, 5.41) is 8.70. The third kappa shape index (κ3) is 3.70. The Labute approximate surface area is 110 Å². The van der Waals surface area contributed by atoms with E-state index in [4.69, 9.17) is 11.6 Å². The fourth-order valence-corrected chi connectivity index (χ4v) is 3.02. The molecule has 0 radical (unpaired) electrons. The van der Waals surface area contributed by atoms with Gasteiger partial charge in [0.05, 0.1) is 0 Å². The van der Waals surface area contributed by atoms with E-state index < -0.39 is 0 Å². The van der Waals surface area contributed by atoms with Crippen LogP contribution in [0.3, 0.4) is 0 Å². The first-order chi connectivity index (χ1) is 7.67. The Morgan fingerprint density at radius 2 is 1.71 bits per heavy atom. The van der Waals surface area contributed by atoms with Crippen molar-refractivity contribution in [2.45, 2.75) is 66.3 Å². The summed E-state index contributed by atoms with van der Waals surface area (Å²) in [4.78, 5) is 0. The van der Waals surface area contributed by atoms with Crippen LogP contribution in [0.1, 0.15) is 60.2 Å². The predicted octanol–water partition coefficient (Wildman–Crippen LogP) is 4.06. The molecule has 0 aliphatic heterocycles. The topological polar surface area (TPSA) is 30.7 Å². The Bertz CT molecular complexity index is 375. The van der Waals surface area contributed by atoms with Crippen LogP contribution < -0.4 is 0 Å². The van der Waals surface area contributed by atoms with Gasteiger partial charge in [-0.2, -0.15) is 0 Å². The molecule has 0 aromatic carbocycles. The lowest BCUT2D eigenvalue weighted by molar-refractivity contribution is 0.210. The highest BCUT2D eigenvalue weighted by molar-refractivity contribution is 6.28. The van der Waals surface area contributed by atoms with Crippen molar-refractivity contribution in [1.29, 1.82) is 0 Å². The SMILES string of the molecule is CCCc1nnc(Cl)n1C(C)(C)CC(C)(C)C. The van der Waals surface area contributed by atoms with Crippen LogP contribution in [0.5, 0.6) is 0 Å². The second-order valence-corrected chi connectivity index (χ2v) is 6.86. The highest BCUT2D eigenvalue weighted by Crippen LogP contribution is 2.34. The minimum Gasteiger partial charge on any atom is -0.296 e. The lowest BCUT2D eigenvalue weighted by atomic mass is 9.81. The largest absolute Gasteiger partial charge is 0.296 e. The van der Waals surface area contributed by atoms with Crippen LogP contribution in [-0.4, -0.2) is 14.8 Å². The first kappa shape index (κ1) is 14.5. The predicted molar refractivity (Wildman–Crippen MR) is 72.4 cm³/mol. The molecule has 0 aliphatic carbocycles. The number of halogens is 1. The van der Waals surface area contributed by atoms with Gasteiger partial charge in [0.15, 0.2) is 0 Å². The molecule has 1 aromatic heterocycles. The molecule has 0 saturated heterocycles. The molecule has 3 nitrogen and oxygen atoms in total. The number of aryl methyl sites for hydroxylation is 1. The van der Waals surface area contributed by atoms with E-state index in [9.17, 15) is 0 Å². The summed E-state index contributed by atoms with van der Waals surface area (Å²) in [7, 11) is 0. The molecule has 1 rings (SSSR count). The Balaban J connectivity index is 3.08. The summed E-state index contributed by atoms with van der Waals surface area (Å²) >= 11 is 6.18. The molecule has 0 aliphatic rings. The molecule has 0 amide bonds. The molecule has 0 unspecified atom stereocenters. The van der Waals surface area contributed by atoms with E-state index in [-0.39, 0.29) is 11.0 Å². The molecule has 0 atom stereocenters. The van der Waals surface area contributed by atoms with Gasteiger partial charge in [-0.1, -0.05) is 27.7 Å². The van der Waals surface area contributed by atoms with Crippen LogP contribution in [0.4, 0.5) is 0 Å². The Morgan fingerprint density at radius 3 is 2.18 bits per heavy atom. The Hall–Kier alpha value is -0.570.